The second-order valence-corrected chi connectivity index (χ2v) is 14.3. The molecule has 5 nitrogen and oxygen atoms in total. The van der Waals surface area contributed by atoms with E-state index < -0.39 is 11.5 Å². The molecule has 1 aromatic heterocycles. The quantitative estimate of drug-likeness (QED) is 0.192. The van der Waals surface area contributed by atoms with Crippen molar-refractivity contribution in [2.45, 2.75) is 87.5 Å². The molecule has 3 atom stereocenters. The number of aliphatic carboxylic acids is 1. The molecule has 0 saturated heterocycles. The Bertz CT molecular complexity index is 1700. The fourth-order valence-corrected chi connectivity index (χ4v) is 9.03. The van der Waals surface area contributed by atoms with Crippen molar-refractivity contribution in [3.8, 4) is 5.75 Å². The van der Waals surface area contributed by atoms with Crippen molar-refractivity contribution in [1.29, 1.82) is 0 Å². The Balaban J connectivity index is 1.17. The lowest BCUT2D eigenvalue weighted by molar-refractivity contribution is -0.144. The van der Waals surface area contributed by atoms with Gasteiger partial charge in [0.2, 0.25) is 0 Å². The number of rotatable bonds is 9. The van der Waals surface area contributed by atoms with E-state index in [9.17, 15) is 9.90 Å². The maximum absolute atomic E-state index is 12.9. The van der Waals surface area contributed by atoms with E-state index in [1.807, 2.05) is 30.5 Å². The number of carbonyl (C=O) groups is 1. The lowest BCUT2D eigenvalue weighted by atomic mass is 9.59. The zero-order valence-electron chi connectivity index (χ0n) is 26.6. The number of fused-ring (bicyclic) bond motifs is 3. The van der Waals surface area contributed by atoms with E-state index in [0.717, 1.165) is 43.5 Å². The summed E-state index contributed by atoms with van der Waals surface area (Å²) < 4.78 is 6.76. The highest BCUT2D eigenvalue weighted by Gasteiger charge is 2.54. The molecule has 0 aliphatic heterocycles. The fraction of sp³-hybridized carbons (Fsp3) is 0.400. The topological polar surface area (TPSA) is 71.5 Å². The van der Waals surface area contributed by atoms with Gasteiger partial charge in [0, 0.05) is 34.1 Å². The highest BCUT2D eigenvalue weighted by molar-refractivity contribution is 6.30. The minimum atomic E-state index is -1.03. The standard InChI is InChI=1S/C40H43ClN2O3/c1-27-9-7-16-35-37(27)36(17-22-42-35)46-26-30(28-10-3-2-4-11-28)24-31-23-29-12-5-6-15-34(29)39(31)18-20-40(21-19-39,38(44)45)43-33-14-8-13-32(41)25-33/h2-6,8,10-15,17,22,25,27,30-31,43H,7,9,16,18-21,23-24,26H2,1H3,(H,44,45)/t27-,30-,31-,39?,40?/m1/s1. The molecule has 0 unspecified atom stereocenters. The first-order chi connectivity index (χ1) is 22.4. The van der Waals surface area contributed by atoms with Crippen LogP contribution in [0.15, 0.2) is 91.1 Å². The number of carboxylic acid groups (broad SMARTS) is 1. The first-order valence-electron chi connectivity index (χ1n) is 16.9. The summed E-state index contributed by atoms with van der Waals surface area (Å²) >= 11 is 6.27. The molecule has 3 aliphatic carbocycles. The van der Waals surface area contributed by atoms with Crippen LogP contribution in [-0.2, 0) is 23.1 Å². The molecule has 1 fully saturated rings. The number of hydrogen-bond donors (Lipinski definition) is 2. The van der Waals surface area contributed by atoms with Crippen molar-refractivity contribution >= 4 is 23.3 Å². The predicted octanol–water partition coefficient (Wildman–Crippen LogP) is 9.35. The van der Waals surface area contributed by atoms with Gasteiger partial charge in [-0.05, 0) is 116 Å². The van der Waals surface area contributed by atoms with Crippen LogP contribution in [-0.4, -0.2) is 28.2 Å². The summed E-state index contributed by atoms with van der Waals surface area (Å²) in [6.07, 6.45) is 9.97. The van der Waals surface area contributed by atoms with Crippen LogP contribution in [0.1, 0.15) is 91.7 Å². The summed E-state index contributed by atoms with van der Waals surface area (Å²) in [5.74, 6) is 1.22. The summed E-state index contributed by atoms with van der Waals surface area (Å²) in [7, 11) is 0. The van der Waals surface area contributed by atoms with Crippen molar-refractivity contribution in [3.63, 3.8) is 0 Å². The van der Waals surface area contributed by atoms with Crippen LogP contribution in [0.5, 0.6) is 5.75 Å². The summed E-state index contributed by atoms with van der Waals surface area (Å²) in [5.41, 5.74) is 6.23. The van der Waals surface area contributed by atoms with E-state index >= 15 is 0 Å². The lowest BCUT2D eigenvalue weighted by Gasteiger charge is -2.47. The Morgan fingerprint density at radius 1 is 1.02 bits per heavy atom. The average Bonchev–Trinajstić information content (AvgIpc) is 3.36. The van der Waals surface area contributed by atoms with Gasteiger partial charge in [0.1, 0.15) is 11.3 Å². The molecule has 2 N–H and O–H groups in total. The summed E-state index contributed by atoms with van der Waals surface area (Å²) in [6.45, 7) is 2.90. The van der Waals surface area contributed by atoms with Gasteiger partial charge in [-0.25, -0.2) is 4.79 Å². The average molecular weight is 635 g/mol. The van der Waals surface area contributed by atoms with Gasteiger partial charge in [0.05, 0.1) is 6.61 Å². The van der Waals surface area contributed by atoms with E-state index in [1.165, 1.54) is 40.8 Å². The number of halogens is 1. The molecule has 238 valence electrons. The maximum Gasteiger partial charge on any atom is 0.329 e. The number of aryl methyl sites for hydroxylation is 1. The van der Waals surface area contributed by atoms with Gasteiger partial charge in [0.15, 0.2) is 0 Å². The number of anilines is 1. The van der Waals surface area contributed by atoms with Gasteiger partial charge >= 0.3 is 5.97 Å². The van der Waals surface area contributed by atoms with Gasteiger partial charge in [0.25, 0.3) is 0 Å². The number of ether oxygens (including phenoxy) is 1. The number of aromatic nitrogens is 1. The first kappa shape index (κ1) is 30.8. The second-order valence-electron chi connectivity index (χ2n) is 13.9. The summed E-state index contributed by atoms with van der Waals surface area (Å²) in [5, 5.41) is 14.6. The summed E-state index contributed by atoms with van der Waals surface area (Å²) in [4.78, 5) is 17.6. The molecule has 0 radical (unpaired) electrons. The maximum atomic E-state index is 12.9. The van der Waals surface area contributed by atoms with E-state index in [-0.39, 0.29) is 11.3 Å². The van der Waals surface area contributed by atoms with Crippen molar-refractivity contribution in [1.82, 2.24) is 4.98 Å². The largest absolute Gasteiger partial charge is 0.493 e. The SMILES string of the molecule is C[C@@H]1CCCc2nccc(OC[C@@H](C[C@H]3Cc4ccccc4C34CCC(Nc3cccc(Cl)c3)(C(=O)O)CC4)c3ccccc3)c21. The van der Waals surface area contributed by atoms with Crippen molar-refractivity contribution in [2.75, 3.05) is 11.9 Å². The molecule has 0 amide bonds. The monoisotopic (exact) mass is 634 g/mol. The van der Waals surface area contributed by atoms with Crippen LogP contribution < -0.4 is 10.1 Å². The minimum Gasteiger partial charge on any atom is -0.493 e. The molecule has 4 aromatic rings. The van der Waals surface area contributed by atoms with Crippen molar-refractivity contribution in [2.24, 2.45) is 5.92 Å². The molecular weight excluding hydrogens is 592 g/mol. The third kappa shape index (κ3) is 5.79. The Labute approximate surface area is 277 Å². The number of carboxylic acids is 1. The first-order valence-corrected chi connectivity index (χ1v) is 17.3. The van der Waals surface area contributed by atoms with Crippen LogP contribution in [0.4, 0.5) is 5.69 Å². The highest BCUT2D eigenvalue weighted by atomic mass is 35.5. The Kier molecular flexibility index (Phi) is 8.54. The molecule has 3 aliphatic rings. The molecular formula is C40H43ClN2O3. The zero-order valence-corrected chi connectivity index (χ0v) is 27.3. The van der Waals surface area contributed by atoms with Gasteiger partial charge in [-0.15, -0.1) is 0 Å². The van der Waals surface area contributed by atoms with Gasteiger partial charge in [-0.1, -0.05) is 79.2 Å². The minimum absolute atomic E-state index is 0.0804. The number of nitrogens with one attached hydrogen (secondary N) is 1. The summed E-state index contributed by atoms with van der Waals surface area (Å²) in [6, 6.07) is 29.1. The van der Waals surface area contributed by atoms with Crippen LogP contribution in [0.25, 0.3) is 0 Å². The third-order valence-corrected chi connectivity index (χ3v) is 11.5. The van der Waals surface area contributed by atoms with E-state index in [4.69, 9.17) is 21.3 Å². The number of pyridine rings is 1. The van der Waals surface area contributed by atoms with Gasteiger partial charge < -0.3 is 15.2 Å². The lowest BCUT2D eigenvalue weighted by Crippen LogP contribution is -2.53. The Morgan fingerprint density at radius 3 is 2.59 bits per heavy atom. The van der Waals surface area contributed by atoms with Crippen LogP contribution in [0.3, 0.4) is 0 Å². The molecule has 0 bridgehead atoms. The number of benzene rings is 3. The smallest absolute Gasteiger partial charge is 0.329 e. The third-order valence-electron chi connectivity index (χ3n) is 11.3. The Morgan fingerprint density at radius 2 is 1.80 bits per heavy atom. The van der Waals surface area contributed by atoms with Crippen molar-refractivity contribution in [3.05, 3.63) is 124 Å². The molecule has 1 heterocycles. The molecule has 46 heavy (non-hydrogen) atoms. The normalized spacial score (nSPS) is 25.8. The van der Waals surface area contributed by atoms with Gasteiger partial charge in [-0.2, -0.15) is 0 Å². The number of nitrogens with zero attached hydrogens (tertiary/aromatic N) is 1. The molecule has 1 saturated carbocycles. The fourth-order valence-electron chi connectivity index (χ4n) is 8.84. The molecule has 3 aromatic carbocycles. The van der Waals surface area contributed by atoms with Crippen LogP contribution >= 0.6 is 11.6 Å². The van der Waals surface area contributed by atoms with Crippen molar-refractivity contribution < 1.29 is 14.6 Å². The van der Waals surface area contributed by atoms with E-state index in [0.29, 0.717) is 36.3 Å². The second kappa shape index (κ2) is 12.8. The molecule has 7 rings (SSSR count). The van der Waals surface area contributed by atoms with Crippen LogP contribution in [0.2, 0.25) is 5.02 Å². The highest BCUT2D eigenvalue weighted by Crippen LogP contribution is 2.56. The van der Waals surface area contributed by atoms with E-state index in [2.05, 4.69) is 72.9 Å². The molecule has 6 heteroatoms. The zero-order chi connectivity index (χ0) is 31.7. The van der Waals surface area contributed by atoms with Crippen LogP contribution in [0, 0.1) is 5.92 Å². The predicted molar refractivity (Wildman–Crippen MR) is 184 cm³/mol. The van der Waals surface area contributed by atoms with Gasteiger partial charge in [-0.3, -0.25) is 4.98 Å². The molecule has 1 spiro atoms. The van der Waals surface area contributed by atoms with E-state index in [1.54, 1.807) is 0 Å². The Hall–Kier alpha value is -3.83. The number of hydrogen-bond acceptors (Lipinski definition) is 4.